The lowest BCUT2D eigenvalue weighted by molar-refractivity contribution is -0.133. The number of aryl methyl sites for hydroxylation is 1. The number of hydrogen-bond acceptors (Lipinski definition) is 4. The molecule has 0 amide bonds. The van der Waals surface area contributed by atoms with E-state index < -0.39 is 5.97 Å². The van der Waals surface area contributed by atoms with E-state index in [1.165, 1.54) is 11.8 Å². The first-order valence-corrected chi connectivity index (χ1v) is 5.95. The number of aliphatic carboxylic acids is 1. The third-order valence-corrected chi connectivity index (χ3v) is 3.02. The molecule has 0 bridgehead atoms. The lowest BCUT2D eigenvalue weighted by Crippen LogP contribution is -2.01. The molecular formula is C11H11N3O2S. The van der Waals surface area contributed by atoms with Gasteiger partial charge in [-0.15, -0.1) is 0 Å². The molecule has 2 aromatic heterocycles. The Morgan fingerprint density at radius 2 is 2.35 bits per heavy atom. The van der Waals surface area contributed by atoms with Crippen LogP contribution in [0.1, 0.15) is 5.56 Å². The first-order chi connectivity index (χ1) is 8.16. The Balaban J connectivity index is 2.27. The number of carboxylic acid groups (broad SMARTS) is 1. The van der Waals surface area contributed by atoms with Crippen molar-refractivity contribution >= 4 is 17.7 Å². The number of pyridine rings is 1. The van der Waals surface area contributed by atoms with Gasteiger partial charge in [0.05, 0.1) is 17.6 Å². The molecular weight excluding hydrogens is 238 g/mol. The van der Waals surface area contributed by atoms with Gasteiger partial charge in [-0.25, -0.2) is 4.98 Å². The fraction of sp³-hybridized carbons (Fsp3) is 0.182. The smallest absolute Gasteiger partial charge is 0.313 e. The zero-order chi connectivity index (χ0) is 12.3. The molecule has 2 aromatic rings. The lowest BCUT2D eigenvalue weighted by Gasteiger charge is -2.06. The first-order valence-electron chi connectivity index (χ1n) is 4.97. The van der Waals surface area contributed by atoms with Crippen molar-refractivity contribution in [2.75, 3.05) is 5.75 Å². The maximum atomic E-state index is 10.5. The minimum absolute atomic E-state index is 0.00371. The van der Waals surface area contributed by atoms with E-state index in [1.807, 2.05) is 17.6 Å². The van der Waals surface area contributed by atoms with Gasteiger partial charge in [-0.3, -0.25) is 14.3 Å². The van der Waals surface area contributed by atoms with Gasteiger partial charge in [0.2, 0.25) is 0 Å². The van der Waals surface area contributed by atoms with Gasteiger partial charge in [0.25, 0.3) is 0 Å². The summed E-state index contributed by atoms with van der Waals surface area (Å²) in [6, 6.07) is 1.97. The average molecular weight is 249 g/mol. The molecule has 0 fully saturated rings. The Hall–Kier alpha value is -1.82. The highest BCUT2D eigenvalue weighted by atomic mass is 32.2. The minimum Gasteiger partial charge on any atom is -0.481 e. The van der Waals surface area contributed by atoms with Gasteiger partial charge >= 0.3 is 5.97 Å². The van der Waals surface area contributed by atoms with Crippen LogP contribution in [-0.2, 0) is 4.79 Å². The van der Waals surface area contributed by atoms with Gasteiger partial charge < -0.3 is 5.11 Å². The van der Waals surface area contributed by atoms with Gasteiger partial charge in [-0.2, -0.15) is 0 Å². The topological polar surface area (TPSA) is 68.0 Å². The van der Waals surface area contributed by atoms with Gasteiger partial charge in [0.1, 0.15) is 0 Å². The summed E-state index contributed by atoms with van der Waals surface area (Å²) in [6.45, 7) is 1.96. The Kier molecular flexibility index (Phi) is 3.43. The molecule has 0 atom stereocenters. The van der Waals surface area contributed by atoms with Gasteiger partial charge in [0.15, 0.2) is 5.16 Å². The molecule has 17 heavy (non-hydrogen) atoms. The number of thioether (sulfide) groups is 1. The van der Waals surface area contributed by atoms with Crippen LogP contribution in [-0.4, -0.2) is 31.4 Å². The van der Waals surface area contributed by atoms with Crippen LogP contribution in [0.4, 0.5) is 0 Å². The van der Waals surface area contributed by atoms with Gasteiger partial charge in [-0.05, 0) is 18.6 Å². The second kappa shape index (κ2) is 5.01. The van der Waals surface area contributed by atoms with Gasteiger partial charge in [0, 0.05) is 18.6 Å². The highest BCUT2D eigenvalue weighted by Crippen LogP contribution is 2.20. The summed E-state index contributed by atoms with van der Waals surface area (Å²) in [5.41, 5.74) is 1.93. The molecule has 0 saturated heterocycles. The number of aromatic nitrogens is 3. The molecule has 6 heteroatoms. The maximum absolute atomic E-state index is 10.5. The third kappa shape index (κ3) is 2.85. The summed E-state index contributed by atoms with van der Waals surface area (Å²) in [5, 5.41) is 9.30. The van der Waals surface area contributed by atoms with Crippen LogP contribution in [0.5, 0.6) is 0 Å². The van der Waals surface area contributed by atoms with Crippen molar-refractivity contribution in [1.29, 1.82) is 0 Å². The predicted molar refractivity (Wildman–Crippen MR) is 64.5 cm³/mol. The molecule has 0 spiro atoms. The van der Waals surface area contributed by atoms with E-state index in [4.69, 9.17) is 5.11 Å². The fourth-order valence-corrected chi connectivity index (χ4v) is 2.08. The average Bonchev–Trinajstić information content (AvgIpc) is 2.74. The second-order valence-electron chi connectivity index (χ2n) is 3.48. The third-order valence-electron chi connectivity index (χ3n) is 2.07. The maximum Gasteiger partial charge on any atom is 0.313 e. The summed E-state index contributed by atoms with van der Waals surface area (Å²) in [5.74, 6) is -0.858. The molecule has 0 saturated carbocycles. The highest BCUT2D eigenvalue weighted by molar-refractivity contribution is 7.99. The number of nitrogens with zero attached hydrogens (tertiary/aromatic N) is 3. The predicted octanol–water partition coefficient (Wildman–Crippen LogP) is 1.75. The van der Waals surface area contributed by atoms with Crippen LogP contribution in [0.15, 0.2) is 36.0 Å². The summed E-state index contributed by atoms with van der Waals surface area (Å²) in [7, 11) is 0. The Labute approximate surface area is 103 Å². The minimum atomic E-state index is -0.855. The molecule has 2 rings (SSSR count). The van der Waals surface area contributed by atoms with Crippen molar-refractivity contribution in [2.24, 2.45) is 0 Å². The number of hydrogen-bond donors (Lipinski definition) is 1. The van der Waals surface area contributed by atoms with Gasteiger partial charge in [-0.1, -0.05) is 11.8 Å². The van der Waals surface area contributed by atoms with Crippen molar-refractivity contribution in [3.63, 3.8) is 0 Å². The van der Waals surface area contributed by atoms with E-state index in [0.29, 0.717) is 5.16 Å². The molecule has 0 aliphatic rings. The van der Waals surface area contributed by atoms with E-state index in [-0.39, 0.29) is 5.75 Å². The standard InChI is InChI=1S/C11H11N3O2S/c1-8-4-9(6-12-5-8)14-3-2-13-11(14)17-7-10(15)16/h2-6H,7H2,1H3,(H,15,16). The zero-order valence-electron chi connectivity index (χ0n) is 9.20. The molecule has 5 nitrogen and oxygen atoms in total. The number of carbonyl (C=O) groups is 1. The van der Waals surface area contributed by atoms with Crippen LogP contribution >= 0.6 is 11.8 Å². The summed E-state index contributed by atoms with van der Waals surface area (Å²) in [6.07, 6.45) is 6.93. The summed E-state index contributed by atoms with van der Waals surface area (Å²) >= 11 is 1.19. The molecule has 88 valence electrons. The van der Waals surface area contributed by atoms with Crippen LogP contribution in [0.3, 0.4) is 0 Å². The van der Waals surface area contributed by atoms with Crippen LogP contribution in [0.25, 0.3) is 5.69 Å². The van der Waals surface area contributed by atoms with Crippen LogP contribution in [0.2, 0.25) is 0 Å². The van der Waals surface area contributed by atoms with Crippen LogP contribution in [0, 0.1) is 6.92 Å². The Morgan fingerprint density at radius 3 is 3.06 bits per heavy atom. The zero-order valence-corrected chi connectivity index (χ0v) is 10.0. The normalized spacial score (nSPS) is 10.4. The Bertz CT molecular complexity index is 539. The number of imidazole rings is 1. The monoisotopic (exact) mass is 249 g/mol. The fourth-order valence-electron chi connectivity index (χ4n) is 1.39. The van der Waals surface area contributed by atoms with Crippen LogP contribution < -0.4 is 0 Å². The molecule has 0 aromatic carbocycles. The van der Waals surface area contributed by atoms with Crippen molar-refractivity contribution < 1.29 is 9.90 Å². The number of carboxylic acids is 1. The van der Waals surface area contributed by atoms with Crippen molar-refractivity contribution in [1.82, 2.24) is 14.5 Å². The molecule has 0 aliphatic heterocycles. The largest absolute Gasteiger partial charge is 0.481 e. The summed E-state index contributed by atoms with van der Waals surface area (Å²) < 4.78 is 1.83. The quantitative estimate of drug-likeness (QED) is 0.836. The molecule has 2 heterocycles. The molecule has 1 N–H and O–H groups in total. The Morgan fingerprint density at radius 1 is 1.53 bits per heavy atom. The highest BCUT2D eigenvalue weighted by Gasteiger charge is 2.08. The lowest BCUT2D eigenvalue weighted by atomic mass is 10.3. The SMILES string of the molecule is Cc1cncc(-n2ccnc2SCC(=O)O)c1. The molecule has 0 aliphatic carbocycles. The van der Waals surface area contributed by atoms with E-state index >= 15 is 0 Å². The van der Waals surface area contributed by atoms with E-state index in [2.05, 4.69) is 9.97 Å². The van der Waals surface area contributed by atoms with Crippen molar-refractivity contribution in [3.05, 3.63) is 36.4 Å². The van der Waals surface area contributed by atoms with E-state index in [9.17, 15) is 4.79 Å². The molecule has 0 unspecified atom stereocenters. The van der Waals surface area contributed by atoms with Crippen molar-refractivity contribution in [2.45, 2.75) is 12.1 Å². The number of rotatable bonds is 4. The molecule has 0 radical (unpaired) electrons. The van der Waals surface area contributed by atoms with E-state index in [1.54, 1.807) is 24.8 Å². The van der Waals surface area contributed by atoms with E-state index in [0.717, 1.165) is 11.3 Å². The second-order valence-corrected chi connectivity index (χ2v) is 4.43. The summed E-state index contributed by atoms with van der Waals surface area (Å²) in [4.78, 5) is 18.8. The first kappa shape index (κ1) is 11.7. The van der Waals surface area contributed by atoms with Crippen molar-refractivity contribution in [3.8, 4) is 5.69 Å².